The molecule has 0 amide bonds. The van der Waals surface area contributed by atoms with E-state index < -0.39 is 4.92 Å². The van der Waals surface area contributed by atoms with E-state index in [1.54, 1.807) is 19.4 Å². The molecule has 9 heteroatoms. The molecule has 0 fully saturated rings. The van der Waals surface area contributed by atoms with Crippen molar-refractivity contribution in [3.05, 3.63) is 40.3 Å². The van der Waals surface area contributed by atoms with Crippen LogP contribution in [0.2, 0.25) is 0 Å². The average molecular weight is 304 g/mol. The molecule has 9 nitrogen and oxygen atoms in total. The van der Waals surface area contributed by atoms with Crippen LogP contribution in [0.5, 0.6) is 0 Å². The van der Waals surface area contributed by atoms with Crippen LogP contribution in [0, 0.1) is 17.0 Å². The SMILES string of the molecule is COCCNc1ncnc(Nc2ccc(C)cn2)c1[N+](=O)[O-]. The highest BCUT2D eigenvalue weighted by atomic mass is 16.6. The quantitative estimate of drug-likeness (QED) is 0.452. The summed E-state index contributed by atoms with van der Waals surface area (Å²) in [4.78, 5) is 22.8. The Morgan fingerprint density at radius 1 is 1.27 bits per heavy atom. The van der Waals surface area contributed by atoms with Crippen molar-refractivity contribution in [3.8, 4) is 0 Å². The largest absolute Gasteiger partial charge is 0.383 e. The Bertz CT molecular complexity index is 647. The number of ether oxygens (including phenoxy) is 1. The predicted molar refractivity (Wildman–Crippen MR) is 81.3 cm³/mol. The minimum Gasteiger partial charge on any atom is -0.383 e. The van der Waals surface area contributed by atoms with Crippen LogP contribution in [-0.4, -0.2) is 40.1 Å². The number of methoxy groups -OCH3 is 1. The number of pyridine rings is 1. The second kappa shape index (κ2) is 7.27. The van der Waals surface area contributed by atoms with Gasteiger partial charge in [-0.3, -0.25) is 10.1 Å². The van der Waals surface area contributed by atoms with Gasteiger partial charge in [0.25, 0.3) is 0 Å². The van der Waals surface area contributed by atoms with Crippen molar-refractivity contribution in [2.24, 2.45) is 0 Å². The zero-order valence-electron chi connectivity index (χ0n) is 12.2. The second-order valence-electron chi connectivity index (χ2n) is 4.44. The molecule has 0 radical (unpaired) electrons. The first-order valence-electron chi connectivity index (χ1n) is 6.53. The first-order chi connectivity index (χ1) is 10.6. The summed E-state index contributed by atoms with van der Waals surface area (Å²) >= 11 is 0. The van der Waals surface area contributed by atoms with Gasteiger partial charge < -0.3 is 15.4 Å². The monoisotopic (exact) mass is 304 g/mol. The van der Waals surface area contributed by atoms with E-state index in [0.29, 0.717) is 19.0 Å². The fourth-order valence-electron chi connectivity index (χ4n) is 1.71. The van der Waals surface area contributed by atoms with Gasteiger partial charge in [0.1, 0.15) is 12.1 Å². The van der Waals surface area contributed by atoms with E-state index in [2.05, 4.69) is 25.6 Å². The van der Waals surface area contributed by atoms with Crippen LogP contribution in [0.15, 0.2) is 24.7 Å². The second-order valence-corrected chi connectivity index (χ2v) is 4.44. The van der Waals surface area contributed by atoms with Crippen molar-refractivity contribution in [3.63, 3.8) is 0 Å². The fourth-order valence-corrected chi connectivity index (χ4v) is 1.71. The molecule has 2 heterocycles. The third-order valence-electron chi connectivity index (χ3n) is 2.76. The molecule has 0 atom stereocenters. The van der Waals surface area contributed by atoms with E-state index in [0.717, 1.165) is 5.56 Å². The third kappa shape index (κ3) is 3.85. The summed E-state index contributed by atoms with van der Waals surface area (Å²) in [5.74, 6) is 0.679. The topological polar surface area (TPSA) is 115 Å². The van der Waals surface area contributed by atoms with Gasteiger partial charge in [0.2, 0.25) is 11.6 Å². The van der Waals surface area contributed by atoms with E-state index in [1.165, 1.54) is 6.33 Å². The number of aromatic nitrogens is 3. The average Bonchev–Trinajstić information content (AvgIpc) is 2.50. The lowest BCUT2D eigenvalue weighted by Gasteiger charge is -2.09. The van der Waals surface area contributed by atoms with Gasteiger partial charge in [0.05, 0.1) is 11.5 Å². The summed E-state index contributed by atoms with van der Waals surface area (Å²) in [5, 5.41) is 17.0. The number of anilines is 3. The Labute approximate surface area is 126 Å². The first kappa shape index (κ1) is 15.6. The molecule has 116 valence electrons. The highest BCUT2D eigenvalue weighted by Gasteiger charge is 2.23. The normalized spacial score (nSPS) is 10.3. The maximum absolute atomic E-state index is 11.3. The maximum atomic E-state index is 11.3. The Hall–Kier alpha value is -2.81. The predicted octanol–water partition coefficient (Wildman–Crippen LogP) is 1.89. The zero-order chi connectivity index (χ0) is 15.9. The van der Waals surface area contributed by atoms with Gasteiger partial charge in [-0.2, -0.15) is 0 Å². The van der Waals surface area contributed by atoms with E-state index in [-0.39, 0.29) is 17.3 Å². The number of nitrogens with zero attached hydrogens (tertiary/aromatic N) is 4. The van der Waals surface area contributed by atoms with Gasteiger partial charge in [0, 0.05) is 19.9 Å². The van der Waals surface area contributed by atoms with Crippen LogP contribution in [-0.2, 0) is 4.74 Å². The highest BCUT2D eigenvalue weighted by Crippen LogP contribution is 2.30. The molecule has 0 aliphatic carbocycles. The molecular formula is C13H16N6O3. The molecule has 2 rings (SSSR count). The minimum absolute atomic E-state index is 0.0799. The Kier molecular flexibility index (Phi) is 5.15. The summed E-state index contributed by atoms with van der Waals surface area (Å²) in [6.45, 7) is 2.71. The number of rotatable bonds is 7. The molecule has 22 heavy (non-hydrogen) atoms. The zero-order valence-corrected chi connectivity index (χ0v) is 12.2. The number of hydrogen-bond acceptors (Lipinski definition) is 8. The van der Waals surface area contributed by atoms with Crippen LogP contribution in [0.1, 0.15) is 5.56 Å². The van der Waals surface area contributed by atoms with Gasteiger partial charge in [-0.1, -0.05) is 6.07 Å². The number of hydrogen-bond donors (Lipinski definition) is 2. The molecule has 0 saturated heterocycles. The van der Waals surface area contributed by atoms with Crippen LogP contribution in [0.25, 0.3) is 0 Å². The van der Waals surface area contributed by atoms with Crippen LogP contribution < -0.4 is 10.6 Å². The molecule has 0 unspecified atom stereocenters. The van der Waals surface area contributed by atoms with Crippen molar-refractivity contribution < 1.29 is 9.66 Å². The molecule has 0 saturated carbocycles. The van der Waals surface area contributed by atoms with E-state index >= 15 is 0 Å². The molecule has 0 spiro atoms. The Morgan fingerprint density at radius 2 is 2.05 bits per heavy atom. The number of aryl methyl sites for hydroxylation is 1. The van der Waals surface area contributed by atoms with E-state index in [4.69, 9.17) is 4.74 Å². The molecule has 0 bridgehead atoms. The van der Waals surface area contributed by atoms with Gasteiger partial charge in [-0.05, 0) is 18.6 Å². The van der Waals surface area contributed by atoms with Gasteiger partial charge in [-0.15, -0.1) is 0 Å². The van der Waals surface area contributed by atoms with Crippen LogP contribution >= 0.6 is 0 Å². The molecular weight excluding hydrogens is 288 g/mol. The molecule has 2 N–H and O–H groups in total. The van der Waals surface area contributed by atoms with Crippen molar-refractivity contribution in [1.29, 1.82) is 0 Å². The third-order valence-corrected chi connectivity index (χ3v) is 2.76. The lowest BCUT2D eigenvalue weighted by Crippen LogP contribution is -2.12. The summed E-state index contributed by atoms with van der Waals surface area (Å²) < 4.78 is 4.90. The van der Waals surface area contributed by atoms with Crippen molar-refractivity contribution in [1.82, 2.24) is 15.0 Å². The Balaban J connectivity index is 2.27. The van der Waals surface area contributed by atoms with Crippen molar-refractivity contribution in [2.75, 3.05) is 30.9 Å². The lowest BCUT2D eigenvalue weighted by molar-refractivity contribution is -0.383. The fraction of sp³-hybridized carbons (Fsp3) is 0.308. The first-order valence-corrected chi connectivity index (χ1v) is 6.53. The van der Waals surface area contributed by atoms with E-state index in [9.17, 15) is 10.1 Å². The standard InChI is InChI=1S/C13H16N6O3/c1-9-3-4-10(15-7-9)18-13-11(19(20)21)12(16-8-17-13)14-5-6-22-2/h3-4,7-8H,5-6H2,1-2H3,(H2,14,15,16,17,18). The molecule has 0 aromatic carbocycles. The molecule has 2 aromatic heterocycles. The van der Waals surface area contributed by atoms with Crippen LogP contribution in [0.3, 0.4) is 0 Å². The maximum Gasteiger partial charge on any atom is 0.353 e. The lowest BCUT2D eigenvalue weighted by atomic mass is 10.3. The van der Waals surface area contributed by atoms with Gasteiger partial charge in [-0.25, -0.2) is 15.0 Å². The van der Waals surface area contributed by atoms with E-state index in [1.807, 2.05) is 13.0 Å². The Morgan fingerprint density at radius 3 is 2.68 bits per heavy atom. The highest BCUT2D eigenvalue weighted by molar-refractivity contribution is 5.72. The minimum atomic E-state index is -0.536. The van der Waals surface area contributed by atoms with Crippen molar-refractivity contribution in [2.45, 2.75) is 6.92 Å². The molecule has 0 aliphatic heterocycles. The summed E-state index contributed by atoms with van der Waals surface area (Å²) in [6, 6.07) is 3.57. The summed E-state index contributed by atoms with van der Waals surface area (Å²) in [6.07, 6.45) is 2.91. The van der Waals surface area contributed by atoms with Gasteiger partial charge >= 0.3 is 5.69 Å². The van der Waals surface area contributed by atoms with Crippen molar-refractivity contribution >= 4 is 23.1 Å². The number of nitro groups is 1. The summed E-state index contributed by atoms with van der Waals surface area (Å²) in [5.41, 5.74) is 0.755. The number of nitrogens with one attached hydrogen (secondary N) is 2. The van der Waals surface area contributed by atoms with Gasteiger partial charge in [0.15, 0.2) is 0 Å². The smallest absolute Gasteiger partial charge is 0.353 e. The van der Waals surface area contributed by atoms with Crippen LogP contribution in [0.4, 0.5) is 23.1 Å². The molecule has 0 aliphatic rings. The molecule has 2 aromatic rings. The summed E-state index contributed by atoms with van der Waals surface area (Å²) in [7, 11) is 1.55.